The predicted octanol–water partition coefficient (Wildman–Crippen LogP) is 2.75. The average Bonchev–Trinajstić information content (AvgIpc) is 2.84. The molecule has 4 rings (SSSR count). The van der Waals surface area contributed by atoms with Crippen molar-refractivity contribution < 1.29 is 4.79 Å². The number of aliphatic imine (C=N–C) groups is 1. The highest BCUT2D eigenvalue weighted by Crippen LogP contribution is 2.38. The monoisotopic (exact) mass is 312 g/mol. The molecular formula is C17H16N2O2S. The number of hydrogen-bond donors (Lipinski definition) is 1. The maximum Gasteiger partial charge on any atom is 0.278 e. The van der Waals surface area contributed by atoms with Gasteiger partial charge in [0.2, 0.25) is 5.56 Å². The molecule has 1 aliphatic heterocycles. The van der Waals surface area contributed by atoms with Crippen LogP contribution < -0.4 is 5.56 Å². The van der Waals surface area contributed by atoms with E-state index in [2.05, 4.69) is 16.9 Å². The SMILES string of the molecule is CC1CCc2c(sc3c2C(=O)N=C(c2cccc(=O)[nH]2)C3)C1. The summed E-state index contributed by atoms with van der Waals surface area (Å²) in [6.07, 6.45) is 3.83. The number of rotatable bonds is 1. The Morgan fingerprint density at radius 1 is 1.27 bits per heavy atom. The first-order valence-electron chi connectivity index (χ1n) is 7.57. The second kappa shape index (κ2) is 5.02. The van der Waals surface area contributed by atoms with Crippen LogP contribution >= 0.6 is 11.3 Å². The second-order valence-electron chi connectivity index (χ2n) is 6.12. The summed E-state index contributed by atoms with van der Waals surface area (Å²) in [6.45, 7) is 2.26. The van der Waals surface area contributed by atoms with Crippen molar-refractivity contribution in [3.05, 3.63) is 55.1 Å². The van der Waals surface area contributed by atoms with Gasteiger partial charge < -0.3 is 4.98 Å². The third-order valence-corrected chi connectivity index (χ3v) is 5.70. The number of fused-ring (bicyclic) bond motifs is 3. The molecule has 2 aliphatic rings. The van der Waals surface area contributed by atoms with Gasteiger partial charge in [-0.1, -0.05) is 13.0 Å². The molecule has 0 spiro atoms. The van der Waals surface area contributed by atoms with Gasteiger partial charge in [-0.2, -0.15) is 0 Å². The Bertz CT molecular complexity index is 860. The minimum Gasteiger partial charge on any atom is -0.321 e. The molecule has 1 amide bonds. The fraction of sp³-hybridized carbons (Fsp3) is 0.353. The molecule has 0 fully saturated rings. The van der Waals surface area contributed by atoms with Crippen molar-refractivity contribution in [3.8, 4) is 0 Å². The Morgan fingerprint density at radius 2 is 2.14 bits per heavy atom. The third kappa shape index (κ3) is 2.16. The first-order chi connectivity index (χ1) is 10.6. The Balaban J connectivity index is 1.76. The molecule has 3 heterocycles. The number of amides is 1. The van der Waals surface area contributed by atoms with Gasteiger partial charge in [0, 0.05) is 22.2 Å². The van der Waals surface area contributed by atoms with Gasteiger partial charge in [-0.15, -0.1) is 11.3 Å². The molecule has 0 saturated heterocycles. The zero-order valence-corrected chi connectivity index (χ0v) is 13.1. The summed E-state index contributed by atoms with van der Waals surface area (Å²) < 4.78 is 0. The largest absolute Gasteiger partial charge is 0.321 e. The Labute approximate surface area is 131 Å². The van der Waals surface area contributed by atoms with E-state index in [1.807, 2.05) is 0 Å². The van der Waals surface area contributed by atoms with Crippen molar-refractivity contribution >= 4 is 23.0 Å². The Morgan fingerprint density at radius 3 is 2.95 bits per heavy atom. The van der Waals surface area contributed by atoms with E-state index in [1.165, 1.54) is 16.5 Å². The van der Waals surface area contributed by atoms with Crippen LogP contribution in [0.1, 0.15) is 44.7 Å². The predicted molar refractivity (Wildman–Crippen MR) is 87.1 cm³/mol. The van der Waals surface area contributed by atoms with E-state index in [9.17, 15) is 9.59 Å². The van der Waals surface area contributed by atoms with Gasteiger partial charge in [-0.25, -0.2) is 4.99 Å². The maximum absolute atomic E-state index is 12.5. The third-order valence-electron chi connectivity index (χ3n) is 4.44. The quantitative estimate of drug-likeness (QED) is 0.880. The van der Waals surface area contributed by atoms with Gasteiger partial charge in [0.1, 0.15) is 0 Å². The van der Waals surface area contributed by atoms with Crippen molar-refractivity contribution in [2.75, 3.05) is 0 Å². The van der Waals surface area contributed by atoms with Crippen LogP contribution in [0.5, 0.6) is 0 Å². The first-order valence-corrected chi connectivity index (χ1v) is 8.38. The van der Waals surface area contributed by atoms with Gasteiger partial charge in [-0.05, 0) is 36.8 Å². The van der Waals surface area contributed by atoms with Crippen LogP contribution in [0.4, 0.5) is 0 Å². The highest BCUT2D eigenvalue weighted by atomic mass is 32.1. The summed E-state index contributed by atoms with van der Waals surface area (Å²) >= 11 is 1.75. The molecule has 0 radical (unpaired) electrons. The van der Waals surface area contributed by atoms with E-state index >= 15 is 0 Å². The van der Waals surface area contributed by atoms with E-state index < -0.39 is 0 Å². The number of nitrogens with zero attached hydrogens (tertiary/aromatic N) is 1. The number of hydrogen-bond acceptors (Lipinski definition) is 3. The van der Waals surface area contributed by atoms with Crippen molar-refractivity contribution in [2.45, 2.75) is 32.6 Å². The molecule has 22 heavy (non-hydrogen) atoms. The normalized spacial score (nSPS) is 20.3. The summed E-state index contributed by atoms with van der Waals surface area (Å²) in [5.41, 5.74) is 3.22. The number of carbonyl (C=O) groups excluding carboxylic acids is 1. The van der Waals surface area contributed by atoms with Crippen LogP contribution in [0.25, 0.3) is 0 Å². The number of pyridine rings is 1. The van der Waals surface area contributed by atoms with Crippen molar-refractivity contribution in [2.24, 2.45) is 10.9 Å². The first kappa shape index (κ1) is 13.6. The lowest BCUT2D eigenvalue weighted by molar-refractivity contribution is 0.0999. The van der Waals surface area contributed by atoms with Crippen LogP contribution in [0, 0.1) is 5.92 Å². The summed E-state index contributed by atoms with van der Waals surface area (Å²) in [4.78, 5) is 33.4. The number of thiophene rings is 1. The molecule has 1 aliphatic carbocycles. The van der Waals surface area contributed by atoms with Crippen LogP contribution in [-0.4, -0.2) is 16.6 Å². The Hall–Kier alpha value is -2.01. The van der Waals surface area contributed by atoms with E-state index in [0.717, 1.165) is 29.7 Å². The molecule has 0 aromatic carbocycles. The van der Waals surface area contributed by atoms with E-state index in [-0.39, 0.29) is 11.5 Å². The van der Waals surface area contributed by atoms with Gasteiger partial charge in [0.25, 0.3) is 5.91 Å². The van der Waals surface area contributed by atoms with Crippen LogP contribution in [0.15, 0.2) is 28.0 Å². The highest BCUT2D eigenvalue weighted by molar-refractivity contribution is 7.12. The number of H-pyrrole nitrogens is 1. The summed E-state index contributed by atoms with van der Waals surface area (Å²) in [7, 11) is 0. The van der Waals surface area contributed by atoms with Gasteiger partial charge in [-0.3, -0.25) is 9.59 Å². The van der Waals surface area contributed by atoms with Crippen LogP contribution in [0.2, 0.25) is 0 Å². The highest BCUT2D eigenvalue weighted by Gasteiger charge is 2.30. The van der Waals surface area contributed by atoms with Gasteiger partial charge >= 0.3 is 0 Å². The van der Waals surface area contributed by atoms with Crippen molar-refractivity contribution in [1.29, 1.82) is 0 Å². The zero-order valence-electron chi connectivity index (χ0n) is 12.3. The fourth-order valence-electron chi connectivity index (χ4n) is 3.32. The molecule has 112 valence electrons. The lowest BCUT2D eigenvalue weighted by Crippen LogP contribution is -2.20. The lowest BCUT2D eigenvalue weighted by Gasteiger charge is -2.18. The number of aromatic amines is 1. The van der Waals surface area contributed by atoms with Crippen LogP contribution in [0.3, 0.4) is 0 Å². The molecule has 1 atom stereocenters. The summed E-state index contributed by atoms with van der Waals surface area (Å²) in [6, 6.07) is 4.96. The van der Waals surface area contributed by atoms with E-state index in [0.29, 0.717) is 23.7 Å². The minimum absolute atomic E-state index is 0.145. The molecule has 2 aromatic heterocycles. The molecule has 2 aromatic rings. The van der Waals surface area contributed by atoms with E-state index in [1.54, 1.807) is 23.5 Å². The summed E-state index contributed by atoms with van der Waals surface area (Å²) in [5, 5.41) is 0. The van der Waals surface area contributed by atoms with E-state index in [4.69, 9.17) is 0 Å². The smallest absolute Gasteiger partial charge is 0.278 e. The summed E-state index contributed by atoms with van der Waals surface area (Å²) in [5.74, 6) is 0.543. The molecule has 1 N–H and O–H groups in total. The molecular weight excluding hydrogens is 296 g/mol. The molecule has 1 unspecified atom stereocenters. The fourth-order valence-corrected chi connectivity index (χ4v) is 4.84. The lowest BCUT2D eigenvalue weighted by atomic mass is 9.87. The standard InChI is InChI=1S/C17H16N2O2S/c1-9-5-6-10-13(7-9)22-14-8-12(19-17(21)16(10)14)11-3-2-4-15(20)18-11/h2-4,9H,5-8H2,1H3,(H,18,20). The average molecular weight is 312 g/mol. The topological polar surface area (TPSA) is 62.3 Å². The molecule has 4 nitrogen and oxygen atoms in total. The maximum atomic E-state index is 12.5. The number of aromatic nitrogens is 1. The molecule has 0 saturated carbocycles. The number of carbonyl (C=O) groups is 1. The van der Waals surface area contributed by atoms with Gasteiger partial charge in [0.15, 0.2) is 0 Å². The Kier molecular flexibility index (Phi) is 3.11. The number of nitrogens with one attached hydrogen (secondary N) is 1. The van der Waals surface area contributed by atoms with Crippen molar-refractivity contribution in [3.63, 3.8) is 0 Å². The van der Waals surface area contributed by atoms with Crippen LogP contribution in [-0.2, 0) is 19.3 Å². The second-order valence-corrected chi connectivity index (χ2v) is 7.31. The van der Waals surface area contributed by atoms with Gasteiger partial charge in [0.05, 0.1) is 17.0 Å². The minimum atomic E-state index is -0.169. The zero-order chi connectivity index (χ0) is 15.3. The van der Waals surface area contributed by atoms with Crippen molar-refractivity contribution in [1.82, 2.24) is 4.98 Å². The molecule has 5 heteroatoms. The molecule has 0 bridgehead atoms.